The highest BCUT2D eigenvalue weighted by atomic mass is 15.3. The molecule has 5 rings (SSSR count). The van der Waals surface area contributed by atoms with Crippen LogP contribution in [-0.2, 0) is 5.54 Å². The minimum Gasteiger partial charge on any atom is -0.276 e. The van der Waals surface area contributed by atoms with Crippen molar-refractivity contribution in [1.82, 2.24) is 29.9 Å². The normalized spacial score (nSPS) is 20.7. The molecular formula is C21H16N8. The maximum Gasteiger partial charge on any atom is 0.111 e. The largest absolute Gasteiger partial charge is 0.276 e. The molecule has 1 aliphatic carbocycles. The average molecular weight is 380 g/mol. The van der Waals surface area contributed by atoms with Crippen molar-refractivity contribution in [1.29, 1.82) is 10.5 Å². The Kier molecular flexibility index (Phi) is 3.85. The Morgan fingerprint density at radius 3 is 2.83 bits per heavy atom. The number of aromatic amines is 1. The molecule has 0 atom stereocenters. The van der Waals surface area contributed by atoms with Gasteiger partial charge in [-0.25, -0.2) is 4.98 Å². The van der Waals surface area contributed by atoms with Crippen LogP contribution in [0.2, 0.25) is 0 Å². The van der Waals surface area contributed by atoms with Crippen LogP contribution in [0.25, 0.3) is 33.7 Å². The molecule has 1 N–H and O–H groups in total. The molecule has 1 aliphatic rings. The maximum atomic E-state index is 9.29. The van der Waals surface area contributed by atoms with Gasteiger partial charge in [0.25, 0.3) is 0 Å². The van der Waals surface area contributed by atoms with Crippen LogP contribution in [0.5, 0.6) is 0 Å². The SMILES string of the molecule is N#CCC1(n2ccc(-c3nc(-c4ccn[nH]4)cc4ncccc34)n2)CC(C#N)C1. The molecule has 0 radical (unpaired) electrons. The molecule has 1 fully saturated rings. The first kappa shape index (κ1) is 17.1. The van der Waals surface area contributed by atoms with Gasteiger partial charge in [-0.3, -0.25) is 14.8 Å². The van der Waals surface area contributed by atoms with Crippen LogP contribution in [0.3, 0.4) is 0 Å². The first-order valence-electron chi connectivity index (χ1n) is 9.31. The van der Waals surface area contributed by atoms with Crippen molar-refractivity contribution >= 4 is 10.9 Å². The van der Waals surface area contributed by atoms with Crippen LogP contribution in [-0.4, -0.2) is 29.9 Å². The summed E-state index contributed by atoms with van der Waals surface area (Å²) in [7, 11) is 0. The van der Waals surface area contributed by atoms with Crippen LogP contribution in [0.4, 0.5) is 0 Å². The number of pyridine rings is 2. The number of nitrogens with one attached hydrogen (secondary N) is 1. The molecule has 4 aromatic heterocycles. The highest BCUT2D eigenvalue weighted by molar-refractivity contribution is 5.93. The van der Waals surface area contributed by atoms with Gasteiger partial charge in [0.05, 0.1) is 46.9 Å². The summed E-state index contributed by atoms with van der Waals surface area (Å²) < 4.78 is 1.84. The second kappa shape index (κ2) is 6.54. The predicted molar refractivity (Wildman–Crippen MR) is 105 cm³/mol. The van der Waals surface area contributed by atoms with E-state index in [2.05, 4.69) is 27.3 Å². The van der Waals surface area contributed by atoms with Gasteiger partial charge in [-0.1, -0.05) is 0 Å². The van der Waals surface area contributed by atoms with Crippen molar-refractivity contribution in [2.45, 2.75) is 24.8 Å². The number of nitrogens with zero attached hydrogens (tertiary/aromatic N) is 7. The molecule has 140 valence electrons. The zero-order chi connectivity index (χ0) is 19.8. The molecular weight excluding hydrogens is 364 g/mol. The molecule has 8 nitrogen and oxygen atoms in total. The van der Waals surface area contributed by atoms with Crippen molar-refractivity contribution in [2.24, 2.45) is 5.92 Å². The Balaban J connectivity index is 1.62. The van der Waals surface area contributed by atoms with Gasteiger partial charge < -0.3 is 0 Å². The van der Waals surface area contributed by atoms with Crippen LogP contribution in [0, 0.1) is 28.6 Å². The fourth-order valence-corrected chi connectivity index (χ4v) is 4.03. The molecule has 0 bridgehead atoms. The van der Waals surface area contributed by atoms with E-state index >= 15 is 0 Å². The zero-order valence-electron chi connectivity index (χ0n) is 15.4. The number of aromatic nitrogens is 6. The van der Waals surface area contributed by atoms with Crippen molar-refractivity contribution in [3.8, 4) is 34.9 Å². The number of H-pyrrole nitrogens is 1. The van der Waals surface area contributed by atoms with Gasteiger partial charge in [0, 0.05) is 24.0 Å². The topological polar surface area (TPSA) is 120 Å². The lowest BCUT2D eigenvalue weighted by Gasteiger charge is -2.43. The predicted octanol–water partition coefficient (Wildman–Crippen LogP) is 3.43. The van der Waals surface area contributed by atoms with Gasteiger partial charge in [0.2, 0.25) is 0 Å². The number of hydrogen-bond acceptors (Lipinski definition) is 6. The summed E-state index contributed by atoms with van der Waals surface area (Å²) in [5.41, 5.74) is 3.37. The summed E-state index contributed by atoms with van der Waals surface area (Å²) in [6, 6.07) is 14.1. The minimum absolute atomic E-state index is 0.0251. The number of fused-ring (bicyclic) bond motifs is 1. The van der Waals surface area contributed by atoms with E-state index < -0.39 is 5.54 Å². The Bertz CT molecular complexity index is 1270. The third kappa shape index (κ3) is 2.74. The maximum absolute atomic E-state index is 9.29. The molecule has 0 saturated heterocycles. The summed E-state index contributed by atoms with van der Waals surface area (Å²) in [5, 5.41) is 31.1. The quantitative estimate of drug-likeness (QED) is 0.579. The molecule has 4 aromatic rings. The monoisotopic (exact) mass is 380 g/mol. The highest BCUT2D eigenvalue weighted by Gasteiger charge is 2.46. The summed E-state index contributed by atoms with van der Waals surface area (Å²) >= 11 is 0. The molecule has 29 heavy (non-hydrogen) atoms. The number of nitriles is 2. The molecule has 0 amide bonds. The lowest BCUT2D eigenvalue weighted by Crippen LogP contribution is -2.46. The number of rotatable bonds is 4. The van der Waals surface area contributed by atoms with Gasteiger partial charge >= 0.3 is 0 Å². The van der Waals surface area contributed by atoms with Crippen LogP contribution in [0.1, 0.15) is 19.3 Å². The van der Waals surface area contributed by atoms with Gasteiger partial charge in [-0.2, -0.15) is 20.7 Å². The van der Waals surface area contributed by atoms with E-state index in [1.807, 2.05) is 41.2 Å². The Morgan fingerprint density at radius 1 is 1.17 bits per heavy atom. The van der Waals surface area contributed by atoms with E-state index in [1.165, 1.54) is 0 Å². The standard InChI is InChI=1S/C21H16N8/c22-6-5-21(11-14(12-21)13-23)29-9-4-17(28-29)20-15-2-1-7-24-18(15)10-19(26-20)16-3-8-25-27-16/h1-4,7-10,14H,5,11-12H2,(H,25,27). The summed E-state index contributed by atoms with van der Waals surface area (Å²) in [6.45, 7) is 0. The van der Waals surface area contributed by atoms with E-state index in [1.54, 1.807) is 12.4 Å². The zero-order valence-corrected chi connectivity index (χ0v) is 15.4. The molecule has 1 saturated carbocycles. The Hall–Kier alpha value is -4.04. The third-order valence-electron chi connectivity index (χ3n) is 5.54. The van der Waals surface area contributed by atoms with Gasteiger partial charge in [0.15, 0.2) is 0 Å². The summed E-state index contributed by atoms with van der Waals surface area (Å²) in [6.07, 6.45) is 6.93. The van der Waals surface area contributed by atoms with Gasteiger partial charge in [-0.15, -0.1) is 0 Å². The average Bonchev–Trinajstić information content (AvgIpc) is 3.42. The molecule has 0 aliphatic heterocycles. The summed E-state index contributed by atoms with van der Waals surface area (Å²) in [4.78, 5) is 9.31. The van der Waals surface area contributed by atoms with E-state index in [9.17, 15) is 5.26 Å². The van der Waals surface area contributed by atoms with Crippen LogP contribution in [0.15, 0.2) is 48.9 Å². The fourth-order valence-electron chi connectivity index (χ4n) is 4.03. The number of hydrogen-bond donors (Lipinski definition) is 1. The second-order valence-corrected chi connectivity index (χ2v) is 7.34. The smallest absolute Gasteiger partial charge is 0.111 e. The summed E-state index contributed by atoms with van der Waals surface area (Å²) in [5.74, 6) is -0.0251. The third-order valence-corrected chi connectivity index (χ3v) is 5.54. The Morgan fingerprint density at radius 2 is 2.07 bits per heavy atom. The molecule has 4 heterocycles. The first-order chi connectivity index (χ1) is 14.2. The van der Waals surface area contributed by atoms with Crippen molar-refractivity contribution in [3.05, 3.63) is 48.9 Å². The van der Waals surface area contributed by atoms with E-state index in [4.69, 9.17) is 15.3 Å². The molecule has 0 aromatic carbocycles. The van der Waals surface area contributed by atoms with Crippen LogP contribution < -0.4 is 0 Å². The fraction of sp³-hybridized carbons (Fsp3) is 0.238. The van der Waals surface area contributed by atoms with Gasteiger partial charge in [-0.05, 0) is 43.2 Å². The molecule has 8 heteroatoms. The lowest BCUT2D eigenvalue weighted by molar-refractivity contribution is 0.0884. The minimum atomic E-state index is -0.414. The first-order valence-corrected chi connectivity index (χ1v) is 9.31. The van der Waals surface area contributed by atoms with Crippen molar-refractivity contribution < 1.29 is 0 Å². The van der Waals surface area contributed by atoms with E-state index in [0.29, 0.717) is 25.0 Å². The lowest BCUT2D eigenvalue weighted by atomic mass is 9.67. The Labute approximate surface area is 166 Å². The highest BCUT2D eigenvalue weighted by Crippen LogP contribution is 2.46. The van der Waals surface area contributed by atoms with Crippen molar-refractivity contribution in [3.63, 3.8) is 0 Å². The van der Waals surface area contributed by atoms with E-state index in [-0.39, 0.29) is 5.92 Å². The van der Waals surface area contributed by atoms with Crippen molar-refractivity contribution in [2.75, 3.05) is 0 Å². The van der Waals surface area contributed by atoms with Crippen LogP contribution >= 0.6 is 0 Å². The second-order valence-electron chi connectivity index (χ2n) is 7.34. The molecule has 0 spiro atoms. The van der Waals surface area contributed by atoms with Gasteiger partial charge in [0.1, 0.15) is 11.4 Å². The molecule has 0 unspecified atom stereocenters. The van der Waals surface area contributed by atoms with E-state index in [0.717, 1.165) is 28.0 Å².